The van der Waals surface area contributed by atoms with E-state index in [-0.39, 0.29) is 40.1 Å². The first kappa shape index (κ1) is 26.1. The van der Waals surface area contributed by atoms with Crippen molar-refractivity contribution in [1.82, 2.24) is 15.0 Å². The minimum Gasteiger partial charge on any atom is -0.488 e. The third-order valence-corrected chi connectivity index (χ3v) is 8.80. The lowest BCUT2D eigenvalue weighted by atomic mass is 10.1. The number of halogens is 2. The van der Waals surface area contributed by atoms with Gasteiger partial charge in [0.25, 0.3) is 0 Å². The van der Waals surface area contributed by atoms with Crippen molar-refractivity contribution in [3.8, 4) is 17.0 Å². The van der Waals surface area contributed by atoms with Gasteiger partial charge < -0.3 is 10.1 Å². The van der Waals surface area contributed by atoms with Gasteiger partial charge in [-0.05, 0) is 36.4 Å². The van der Waals surface area contributed by atoms with Crippen LogP contribution in [0.25, 0.3) is 11.3 Å². The molecule has 13 heteroatoms. The molecular weight excluding hydrogens is 526 g/mol. The van der Waals surface area contributed by atoms with Crippen LogP contribution in [0.1, 0.15) is 5.56 Å². The van der Waals surface area contributed by atoms with Gasteiger partial charge in [-0.3, -0.25) is 4.98 Å². The number of aromatic nitrogens is 3. The van der Waals surface area contributed by atoms with E-state index in [1.807, 2.05) is 0 Å². The predicted molar refractivity (Wildman–Crippen MR) is 133 cm³/mol. The second-order valence-corrected chi connectivity index (χ2v) is 12.5. The molecule has 2 aromatic carbocycles. The SMILES string of the molecule is CS(=O)(=O)CS(=O)(=O)c1cccc(Nc2ncc(F)c(-c3ccc(F)cc3OCc3cccnc3)n2)c1. The number of hydrogen-bond acceptors (Lipinski definition) is 9. The summed E-state index contributed by atoms with van der Waals surface area (Å²) >= 11 is 0. The zero-order valence-corrected chi connectivity index (χ0v) is 20.9. The standard InChI is InChI=1S/C24H20F2N4O5S2/c1-36(31,32)15-37(33,34)19-6-2-5-18(11-19)29-24-28-13-21(26)23(30-24)20-8-7-17(25)10-22(20)35-14-16-4-3-9-27-12-16/h2-13H,14-15H2,1H3,(H,28,29,30). The third kappa shape index (κ3) is 6.83. The third-order valence-electron chi connectivity index (χ3n) is 4.88. The maximum Gasteiger partial charge on any atom is 0.227 e. The molecule has 4 aromatic rings. The molecule has 0 atom stereocenters. The molecule has 37 heavy (non-hydrogen) atoms. The quantitative estimate of drug-likeness (QED) is 0.332. The first-order valence-corrected chi connectivity index (χ1v) is 14.3. The Morgan fingerprint density at radius 3 is 2.51 bits per heavy atom. The molecule has 0 aliphatic rings. The summed E-state index contributed by atoms with van der Waals surface area (Å²) in [7, 11) is -7.90. The monoisotopic (exact) mass is 546 g/mol. The Labute approximate surface area is 212 Å². The smallest absolute Gasteiger partial charge is 0.227 e. The fraction of sp³-hybridized carbons (Fsp3) is 0.125. The summed E-state index contributed by atoms with van der Waals surface area (Å²) in [5.74, 6) is -1.43. The number of hydrogen-bond donors (Lipinski definition) is 1. The molecule has 0 bridgehead atoms. The van der Waals surface area contributed by atoms with Gasteiger partial charge in [0.1, 0.15) is 23.9 Å². The molecule has 0 aliphatic carbocycles. The van der Waals surface area contributed by atoms with E-state index in [4.69, 9.17) is 4.74 Å². The molecule has 0 radical (unpaired) electrons. The minimum absolute atomic E-state index is 0.0428. The van der Waals surface area contributed by atoms with Crippen LogP contribution in [0.3, 0.4) is 0 Å². The topological polar surface area (TPSA) is 128 Å². The number of pyridine rings is 1. The van der Waals surface area contributed by atoms with Gasteiger partial charge in [0.05, 0.1) is 11.1 Å². The Kier molecular flexibility index (Phi) is 7.45. The average Bonchev–Trinajstić information content (AvgIpc) is 2.84. The number of nitrogens with one attached hydrogen (secondary N) is 1. The van der Waals surface area contributed by atoms with Crippen molar-refractivity contribution in [2.75, 3.05) is 16.7 Å². The molecule has 0 aliphatic heterocycles. The van der Waals surface area contributed by atoms with Crippen LogP contribution in [0.4, 0.5) is 20.4 Å². The average molecular weight is 547 g/mol. The first-order valence-electron chi connectivity index (χ1n) is 10.6. The van der Waals surface area contributed by atoms with Crippen molar-refractivity contribution in [2.45, 2.75) is 11.5 Å². The van der Waals surface area contributed by atoms with Crippen molar-refractivity contribution in [3.05, 3.63) is 90.4 Å². The summed E-state index contributed by atoms with van der Waals surface area (Å²) in [4.78, 5) is 11.8. The zero-order valence-electron chi connectivity index (χ0n) is 19.3. The van der Waals surface area contributed by atoms with Crippen LogP contribution in [-0.2, 0) is 26.3 Å². The molecule has 2 heterocycles. The van der Waals surface area contributed by atoms with Gasteiger partial charge >= 0.3 is 0 Å². The van der Waals surface area contributed by atoms with E-state index in [1.165, 1.54) is 30.3 Å². The molecule has 2 aromatic heterocycles. The van der Waals surface area contributed by atoms with E-state index in [9.17, 15) is 25.6 Å². The van der Waals surface area contributed by atoms with Gasteiger partial charge in [-0.15, -0.1) is 0 Å². The van der Waals surface area contributed by atoms with Gasteiger partial charge in [0.15, 0.2) is 30.6 Å². The van der Waals surface area contributed by atoms with Crippen LogP contribution in [0.5, 0.6) is 5.75 Å². The molecule has 0 fully saturated rings. The van der Waals surface area contributed by atoms with Crippen LogP contribution in [0.15, 0.2) is 78.1 Å². The molecule has 0 unspecified atom stereocenters. The van der Waals surface area contributed by atoms with E-state index in [0.29, 0.717) is 5.56 Å². The first-order chi connectivity index (χ1) is 17.5. The molecule has 4 rings (SSSR count). The molecule has 0 saturated carbocycles. The number of sulfone groups is 2. The Bertz CT molecular complexity index is 1650. The summed E-state index contributed by atoms with van der Waals surface area (Å²) in [6.45, 7) is 0.0524. The number of rotatable bonds is 9. The molecule has 0 spiro atoms. The Hall–Kier alpha value is -3.97. The van der Waals surface area contributed by atoms with Gasteiger partial charge in [-0.1, -0.05) is 12.1 Å². The van der Waals surface area contributed by atoms with Crippen molar-refractivity contribution < 1.29 is 30.4 Å². The predicted octanol–water partition coefficient (Wildman–Crippen LogP) is 3.92. The largest absolute Gasteiger partial charge is 0.488 e. The highest BCUT2D eigenvalue weighted by atomic mass is 32.3. The second-order valence-electron chi connectivity index (χ2n) is 7.99. The van der Waals surface area contributed by atoms with Gasteiger partial charge in [0, 0.05) is 41.5 Å². The lowest BCUT2D eigenvalue weighted by molar-refractivity contribution is 0.305. The van der Waals surface area contributed by atoms with Crippen LogP contribution < -0.4 is 10.1 Å². The number of nitrogens with zero attached hydrogens (tertiary/aromatic N) is 3. The van der Waals surface area contributed by atoms with Crippen molar-refractivity contribution in [2.24, 2.45) is 0 Å². The van der Waals surface area contributed by atoms with Crippen molar-refractivity contribution >= 4 is 31.3 Å². The maximum atomic E-state index is 14.8. The Morgan fingerprint density at radius 1 is 0.973 bits per heavy atom. The minimum atomic E-state index is -4.11. The van der Waals surface area contributed by atoms with Gasteiger partial charge in [-0.2, -0.15) is 0 Å². The normalized spacial score (nSPS) is 11.8. The summed E-state index contributed by atoms with van der Waals surface area (Å²) in [6, 6.07) is 12.4. The lowest BCUT2D eigenvalue weighted by Crippen LogP contribution is -2.15. The van der Waals surface area contributed by atoms with E-state index in [1.54, 1.807) is 24.5 Å². The highest BCUT2D eigenvalue weighted by Gasteiger charge is 2.21. The summed E-state index contributed by atoms with van der Waals surface area (Å²) < 4.78 is 82.3. The Morgan fingerprint density at radius 2 is 1.78 bits per heavy atom. The fourth-order valence-electron chi connectivity index (χ4n) is 3.32. The molecule has 192 valence electrons. The Balaban J connectivity index is 1.63. The maximum absolute atomic E-state index is 14.8. The van der Waals surface area contributed by atoms with Crippen molar-refractivity contribution in [1.29, 1.82) is 0 Å². The van der Waals surface area contributed by atoms with Crippen LogP contribution in [0, 0.1) is 11.6 Å². The van der Waals surface area contributed by atoms with Gasteiger partial charge in [-0.25, -0.2) is 35.6 Å². The molecule has 9 nitrogen and oxygen atoms in total. The molecular formula is C24H20F2N4O5S2. The fourth-order valence-corrected chi connectivity index (χ4v) is 6.71. The zero-order chi connectivity index (χ0) is 26.6. The van der Waals surface area contributed by atoms with Crippen molar-refractivity contribution in [3.63, 3.8) is 0 Å². The van der Waals surface area contributed by atoms with E-state index in [0.717, 1.165) is 24.6 Å². The van der Waals surface area contributed by atoms with Crippen LogP contribution in [0.2, 0.25) is 0 Å². The molecule has 0 saturated heterocycles. The summed E-state index contributed by atoms with van der Waals surface area (Å²) in [6.07, 6.45) is 4.91. The van der Waals surface area contributed by atoms with Crippen LogP contribution >= 0.6 is 0 Å². The van der Waals surface area contributed by atoms with E-state index in [2.05, 4.69) is 20.3 Å². The highest BCUT2D eigenvalue weighted by Crippen LogP contribution is 2.32. The second kappa shape index (κ2) is 10.6. The summed E-state index contributed by atoms with van der Waals surface area (Å²) in [5, 5.41) is 1.73. The molecule has 0 amide bonds. The van der Waals surface area contributed by atoms with Gasteiger partial charge in [0.2, 0.25) is 5.95 Å². The van der Waals surface area contributed by atoms with Crippen LogP contribution in [-0.4, -0.2) is 43.1 Å². The van der Waals surface area contributed by atoms with E-state index < -0.39 is 36.4 Å². The number of ether oxygens (including phenoxy) is 1. The number of anilines is 2. The van der Waals surface area contributed by atoms with E-state index >= 15 is 0 Å². The molecule has 1 N–H and O–H groups in total. The lowest BCUT2D eigenvalue weighted by Gasteiger charge is -2.13. The highest BCUT2D eigenvalue weighted by molar-refractivity contribution is 8.07. The summed E-state index contributed by atoms with van der Waals surface area (Å²) in [5.41, 5.74) is 0.922. The number of benzene rings is 2.